The number of ether oxygens (including phenoxy) is 1. The van der Waals surface area contributed by atoms with Crippen LogP contribution < -0.4 is 20.4 Å². The summed E-state index contributed by atoms with van der Waals surface area (Å²) in [6.45, 7) is 5.62. The Morgan fingerprint density at radius 2 is 1.74 bits per heavy atom. The van der Waals surface area contributed by atoms with E-state index >= 15 is 0 Å². The minimum absolute atomic E-state index is 0.177. The van der Waals surface area contributed by atoms with Gasteiger partial charge in [-0.2, -0.15) is 0 Å². The second-order valence-corrected chi connectivity index (χ2v) is 9.61. The fraction of sp³-hybridized carbons (Fsp3) is 0.290. The number of benzene rings is 3. The molecule has 5 rings (SSSR count). The molecular weight excluding hydrogens is 483 g/mol. The molecule has 0 spiro atoms. The zero-order valence-corrected chi connectivity index (χ0v) is 21.7. The predicted octanol–water partition coefficient (Wildman–Crippen LogP) is 6.48. The molecule has 38 heavy (non-hydrogen) atoms. The van der Waals surface area contributed by atoms with Crippen LogP contribution in [0, 0.1) is 12.7 Å². The Morgan fingerprint density at radius 1 is 1.03 bits per heavy atom. The average Bonchev–Trinajstić information content (AvgIpc) is 2.93. The van der Waals surface area contributed by atoms with Gasteiger partial charge in [-0.3, -0.25) is 9.59 Å². The molecule has 1 N–H and O–H groups in total. The number of nitrogens with one attached hydrogen (secondary N) is 1. The van der Waals surface area contributed by atoms with Gasteiger partial charge in [-0.25, -0.2) is 4.39 Å². The van der Waals surface area contributed by atoms with Crippen LogP contribution in [0.3, 0.4) is 0 Å². The molecule has 1 fully saturated rings. The van der Waals surface area contributed by atoms with Crippen LogP contribution in [-0.4, -0.2) is 25.6 Å². The summed E-state index contributed by atoms with van der Waals surface area (Å²) in [4.78, 5) is 28.3. The minimum Gasteiger partial charge on any atom is -0.483 e. The predicted molar refractivity (Wildman–Crippen MR) is 149 cm³/mol. The molecule has 4 aromatic rings. The lowest BCUT2D eigenvalue weighted by molar-refractivity contribution is -0.118. The summed E-state index contributed by atoms with van der Waals surface area (Å²) in [5, 5.41) is 3.30. The summed E-state index contributed by atoms with van der Waals surface area (Å²) in [7, 11) is 0. The van der Waals surface area contributed by atoms with Crippen LogP contribution in [0.4, 0.5) is 15.8 Å². The second kappa shape index (κ2) is 11.1. The highest BCUT2D eigenvalue weighted by Crippen LogP contribution is 2.30. The van der Waals surface area contributed by atoms with Crippen molar-refractivity contribution in [1.82, 2.24) is 0 Å². The number of rotatable bonds is 7. The van der Waals surface area contributed by atoms with Gasteiger partial charge in [0.15, 0.2) is 6.61 Å². The number of halogens is 1. The molecule has 0 unspecified atom stereocenters. The molecule has 3 aromatic carbocycles. The van der Waals surface area contributed by atoms with Gasteiger partial charge in [0.25, 0.3) is 5.91 Å². The van der Waals surface area contributed by atoms with E-state index < -0.39 is 0 Å². The van der Waals surface area contributed by atoms with E-state index in [-0.39, 0.29) is 23.8 Å². The maximum Gasteiger partial charge on any atom is 0.262 e. The Morgan fingerprint density at radius 3 is 2.42 bits per heavy atom. The molecule has 1 saturated heterocycles. The molecule has 0 saturated carbocycles. The minimum atomic E-state index is -0.370. The summed E-state index contributed by atoms with van der Waals surface area (Å²) in [6, 6.07) is 17.1. The van der Waals surface area contributed by atoms with E-state index in [4.69, 9.17) is 9.15 Å². The number of anilines is 2. The monoisotopic (exact) mass is 514 g/mol. The molecule has 0 bridgehead atoms. The van der Waals surface area contributed by atoms with Crippen LogP contribution >= 0.6 is 0 Å². The van der Waals surface area contributed by atoms with Gasteiger partial charge in [-0.05, 0) is 86.2 Å². The normalized spacial score (nSPS) is 13.5. The van der Waals surface area contributed by atoms with Gasteiger partial charge in [0, 0.05) is 30.5 Å². The number of carbonyl (C=O) groups is 1. The number of fused-ring (bicyclic) bond motifs is 1. The summed E-state index contributed by atoms with van der Waals surface area (Å²) in [6.07, 6.45) is 4.31. The Hall–Kier alpha value is -4.13. The molecule has 0 aliphatic carbocycles. The van der Waals surface area contributed by atoms with Crippen molar-refractivity contribution in [2.24, 2.45) is 0 Å². The molecule has 1 aromatic heterocycles. The standard InChI is InChI=1S/C31H31FN2O4/c1-3-21-17-26-28(38-20(2)30(31(26)36)22-7-9-23(32)10-8-22)18-27(21)37-19-29(35)33-24-11-13-25(14-12-24)34-15-5-4-6-16-34/h7-14,17-18H,3-6,15-16,19H2,1-2H3,(H,33,35). The largest absolute Gasteiger partial charge is 0.483 e. The van der Waals surface area contributed by atoms with Gasteiger partial charge in [-0.15, -0.1) is 0 Å². The quantitative estimate of drug-likeness (QED) is 0.306. The maximum atomic E-state index is 13.4. The lowest BCUT2D eigenvalue weighted by Crippen LogP contribution is -2.29. The molecule has 6 nitrogen and oxygen atoms in total. The van der Waals surface area contributed by atoms with E-state index in [1.807, 2.05) is 31.2 Å². The second-order valence-electron chi connectivity index (χ2n) is 9.61. The summed E-state index contributed by atoms with van der Waals surface area (Å²) < 4.78 is 25.2. The third-order valence-electron chi connectivity index (χ3n) is 6.99. The smallest absolute Gasteiger partial charge is 0.262 e. The number of nitrogens with zero attached hydrogens (tertiary/aromatic N) is 1. The maximum absolute atomic E-state index is 13.4. The zero-order chi connectivity index (χ0) is 26.6. The highest BCUT2D eigenvalue weighted by Gasteiger charge is 2.17. The summed E-state index contributed by atoms with van der Waals surface area (Å²) >= 11 is 0. The van der Waals surface area contributed by atoms with E-state index in [2.05, 4.69) is 10.2 Å². The van der Waals surface area contributed by atoms with Crippen molar-refractivity contribution in [3.8, 4) is 16.9 Å². The third kappa shape index (κ3) is 5.42. The first-order chi connectivity index (χ1) is 18.4. The molecule has 2 heterocycles. The number of piperidine rings is 1. The van der Waals surface area contributed by atoms with Crippen LogP contribution in [0.5, 0.6) is 5.75 Å². The summed E-state index contributed by atoms with van der Waals surface area (Å²) in [5.74, 6) is 0.273. The highest BCUT2D eigenvalue weighted by molar-refractivity contribution is 5.92. The van der Waals surface area contributed by atoms with Gasteiger partial charge < -0.3 is 19.4 Å². The molecular formula is C31H31FN2O4. The van der Waals surface area contributed by atoms with Crippen molar-refractivity contribution in [3.63, 3.8) is 0 Å². The molecule has 1 amide bonds. The van der Waals surface area contributed by atoms with Crippen molar-refractivity contribution >= 4 is 28.3 Å². The fourth-order valence-corrected chi connectivity index (χ4v) is 4.99. The van der Waals surface area contributed by atoms with E-state index in [0.717, 1.165) is 18.7 Å². The van der Waals surface area contributed by atoms with E-state index in [9.17, 15) is 14.0 Å². The first kappa shape index (κ1) is 25.5. The Labute approximate surface area is 221 Å². The molecule has 0 atom stereocenters. The topological polar surface area (TPSA) is 71.8 Å². The first-order valence-corrected chi connectivity index (χ1v) is 13.1. The van der Waals surface area contributed by atoms with Gasteiger partial charge in [0.05, 0.1) is 10.9 Å². The fourth-order valence-electron chi connectivity index (χ4n) is 4.99. The first-order valence-electron chi connectivity index (χ1n) is 13.1. The molecule has 0 radical (unpaired) electrons. The van der Waals surface area contributed by atoms with E-state index in [1.165, 1.54) is 37.1 Å². The highest BCUT2D eigenvalue weighted by atomic mass is 19.1. The SMILES string of the molecule is CCc1cc2c(=O)c(-c3ccc(F)cc3)c(C)oc2cc1OCC(=O)Nc1ccc(N2CCCCC2)cc1. The molecule has 1 aliphatic rings. The number of hydrogen-bond donors (Lipinski definition) is 1. The Bertz CT molecular complexity index is 1500. The van der Waals surface area contributed by atoms with Crippen LogP contribution in [0.25, 0.3) is 22.1 Å². The van der Waals surface area contributed by atoms with Gasteiger partial charge in [-0.1, -0.05) is 19.1 Å². The van der Waals surface area contributed by atoms with Crippen molar-refractivity contribution in [3.05, 3.63) is 88.0 Å². The van der Waals surface area contributed by atoms with Crippen molar-refractivity contribution < 1.29 is 18.3 Å². The number of aryl methyl sites for hydroxylation is 2. The average molecular weight is 515 g/mol. The molecule has 1 aliphatic heterocycles. The zero-order valence-electron chi connectivity index (χ0n) is 21.7. The lowest BCUT2D eigenvalue weighted by atomic mass is 10.0. The van der Waals surface area contributed by atoms with E-state index in [0.29, 0.717) is 45.7 Å². The lowest BCUT2D eigenvalue weighted by Gasteiger charge is -2.28. The van der Waals surface area contributed by atoms with Crippen LogP contribution in [0.1, 0.15) is 37.5 Å². The van der Waals surface area contributed by atoms with Gasteiger partial charge >= 0.3 is 0 Å². The summed E-state index contributed by atoms with van der Waals surface area (Å²) in [5.41, 5.74) is 3.85. The van der Waals surface area contributed by atoms with Crippen molar-refractivity contribution in [2.75, 3.05) is 29.9 Å². The number of carbonyl (C=O) groups excluding carboxylic acids is 1. The van der Waals surface area contributed by atoms with E-state index in [1.54, 1.807) is 31.2 Å². The molecule has 196 valence electrons. The van der Waals surface area contributed by atoms with Crippen LogP contribution in [0.2, 0.25) is 0 Å². The van der Waals surface area contributed by atoms with Gasteiger partial charge in [0.1, 0.15) is 22.9 Å². The van der Waals surface area contributed by atoms with Crippen LogP contribution in [-0.2, 0) is 11.2 Å². The van der Waals surface area contributed by atoms with Crippen molar-refractivity contribution in [2.45, 2.75) is 39.5 Å². The number of hydrogen-bond acceptors (Lipinski definition) is 5. The number of amides is 1. The van der Waals surface area contributed by atoms with Gasteiger partial charge in [0.2, 0.25) is 5.43 Å². The molecule has 7 heteroatoms. The van der Waals surface area contributed by atoms with Crippen molar-refractivity contribution in [1.29, 1.82) is 0 Å². The third-order valence-corrected chi connectivity index (χ3v) is 6.99. The van der Waals surface area contributed by atoms with Crippen LogP contribution in [0.15, 0.2) is 69.9 Å². The Balaban J connectivity index is 1.31. The Kier molecular flexibility index (Phi) is 7.45.